The van der Waals surface area contributed by atoms with Gasteiger partial charge in [0, 0.05) is 0 Å². The largest absolute Gasteiger partial charge is 0.479 e. The molecule has 1 saturated heterocycles. The lowest BCUT2D eigenvalue weighted by atomic mass is 9.98. The molecule has 1 aliphatic heterocycles. The van der Waals surface area contributed by atoms with Crippen LogP contribution >= 0.6 is 0 Å². The van der Waals surface area contributed by atoms with Crippen LogP contribution in [0.4, 0.5) is 0 Å². The van der Waals surface area contributed by atoms with Gasteiger partial charge in [0.2, 0.25) is 0 Å². The first-order chi connectivity index (χ1) is 7.34. The molecule has 0 aromatic heterocycles. The summed E-state index contributed by atoms with van der Waals surface area (Å²) in [5, 5.41) is 36.9. The molecule has 0 bridgehead atoms. The van der Waals surface area contributed by atoms with E-state index < -0.39 is 36.7 Å². The summed E-state index contributed by atoms with van der Waals surface area (Å²) in [5.41, 5.74) is 0. The summed E-state index contributed by atoms with van der Waals surface area (Å²) >= 11 is 0. The van der Waals surface area contributed by atoms with Crippen molar-refractivity contribution in [3.8, 4) is 0 Å². The maximum atomic E-state index is 10.8. The lowest BCUT2D eigenvalue weighted by molar-refractivity contribution is -0.291. The summed E-state index contributed by atoms with van der Waals surface area (Å²) in [6, 6.07) is 0. The van der Waals surface area contributed by atoms with Gasteiger partial charge >= 0.3 is 5.97 Å². The highest BCUT2D eigenvalue weighted by Crippen LogP contribution is 2.23. The van der Waals surface area contributed by atoms with Crippen molar-refractivity contribution in [1.29, 1.82) is 0 Å². The second-order valence-corrected chi connectivity index (χ2v) is 3.92. The van der Waals surface area contributed by atoms with Crippen molar-refractivity contribution >= 4 is 5.97 Å². The van der Waals surface area contributed by atoms with Gasteiger partial charge in [-0.1, -0.05) is 0 Å². The number of hydrogen-bond donors (Lipinski definition) is 4. The summed E-state index contributed by atoms with van der Waals surface area (Å²) in [7, 11) is 0. The predicted molar refractivity (Wildman–Crippen MR) is 50.5 cm³/mol. The minimum absolute atomic E-state index is 0.340. The molecule has 1 aliphatic rings. The maximum Gasteiger partial charge on any atom is 0.335 e. The van der Waals surface area contributed by atoms with Crippen molar-refractivity contribution in [3.63, 3.8) is 0 Å². The number of carboxylic acids is 1. The fraction of sp³-hybridized carbons (Fsp3) is 0.889. The lowest BCUT2D eigenvalue weighted by Crippen LogP contribution is -2.61. The summed E-state index contributed by atoms with van der Waals surface area (Å²) < 4.78 is 9.83. The topological polar surface area (TPSA) is 116 Å². The van der Waals surface area contributed by atoms with E-state index in [2.05, 4.69) is 4.74 Å². The molecule has 1 heterocycles. The SMILES string of the molecule is CC(C)OC1C(C(=O)O)OC(O)C(O)C1O. The average molecular weight is 236 g/mol. The van der Waals surface area contributed by atoms with E-state index in [4.69, 9.17) is 14.9 Å². The van der Waals surface area contributed by atoms with Gasteiger partial charge in [0.05, 0.1) is 6.10 Å². The van der Waals surface area contributed by atoms with Crippen molar-refractivity contribution in [2.75, 3.05) is 0 Å². The molecule has 7 nitrogen and oxygen atoms in total. The van der Waals surface area contributed by atoms with Crippen LogP contribution in [0.15, 0.2) is 0 Å². The van der Waals surface area contributed by atoms with Crippen LogP contribution in [0, 0.1) is 0 Å². The number of carbonyl (C=O) groups is 1. The van der Waals surface area contributed by atoms with Crippen LogP contribution in [-0.4, -0.2) is 63.2 Å². The first kappa shape index (κ1) is 13.3. The molecule has 94 valence electrons. The zero-order valence-electron chi connectivity index (χ0n) is 8.98. The van der Waals surface area contributed by atoms with E-state index in [1.54, 1.807) is 13.8 Å². The van der Waals surface area contributed by atoms with Crippen LogP contribution in [0.1, 0.15) is 13.8 Å². The van der Waals surface area contributed by atoms with Gasteiger partial charge in [-0.05, 0) is 13.8 Å². The smallest absolute Gasteiger partial charge is 0.335 e. The Hall–Kier alpha value is -0.730. The molecule has 0 saturated carbocycles. The van der Waals surface area contributed by atoms with Gasteiger partial charge in [0.1, 0.15) is 18.3 Å². The number of aliphatic hydroxyl groups excluding tert-OH is 3. The Balaban J connectivity index is 2.84. The van der Waals surface area contributed by atoms with Crippen LogP contribution in [0.25, 0.3) is 0 Å². The molecule has 0 amide bonds. The van der Waals surface area contributed by atoms with E-state index in [0.717, 1.165) is 0 Å². The normalized spacial score (nSPS) is 40.0. The lowest BCUT2D eigenvalue weighted by Gasteiger charge is -2.39. The highest BCUT2D eigenvalue weighted by Gasteiger charge is 2.48. The van der Waals surface area contributed by atoms with Crippen LogP contribution in [0.5, 0.6) is 0 Å². The highest BCUT2D eigenvalue weighted by molar-refractivity contribution is 5.73. The minimum Gasteiger partial charge on any atom is -0.479 e. The molecule has 5 atom stereocenters. The van der Waals surface area contributed by atoms with Crippen molar-refractivity contribution < 1.29 is 34.7 Å². The van der Waals surface area contributed by atoms with E-state index >= 15 is 0 Å². The molecule has 0 aliphatic carbocycles. The van der Waals surface area contributed by atoms with Crippen molar-refractivity contribution in [3.05, 3.63) is 0 Å². The first-order valence-corrected chi connectivity index (χ1v) is 4.92. The molecule has 1 rings (SSSR count). The van der Waals surface area contributed by atoms with E-state index in [1.165, 1.54) is 0 Å². The molecule has 5 unspecified atom stereocenters. The highest BCUT2D eigenvalue weighted by atomic mass is 16.7. The van der Waals surface area contributed by atoms with Crippen LogP contribution < -0.4 is 0 Å². The summed E-state index contributed by atoms with van der Waals surface area (Å²) in [5.74, 6) is -1.37. The molecule has 7 heteroatoms. The van der Waals surface area contributed by atoms with Gasteiger partial charge in [-0.15, -0.1) is 0 Å². The Bertz CT molecular complexity index is 254. The molecule has 16 heavy (non-hydrogen) atoms. The Morgan fingerprint density at radius 3 is 2.25 bits per heavy atom. The van der Waals surface area contributed by atoms with Crippen molar-refractivity contribution in [2.45, 2.75) is 50.7 Å². The fourth-order valence-corrected chi connectivity index (χ4v) is 1.52. The monoisotopic (exact) mass is 236 g/mol. The second-order valence-electron chi connectivity index (χ2n) is 3.92. The van der Waals surface area contributed by atoms with Gasteiger partial charge < -0.3 is 29.9 Å². The quantitative estimate of drug-likeness (QED) is 0.461. The summed E-state index contributed by atoms with van der Waals surface area (Å²) in [6.07, 6.45) is -7.88. The zero-order chi connectivity index (χ0) is 12.5. The number of rotatable bonds is 3. The van der Waals surface area contributed by atoms with Gasteiger partial charge in [0.15, 0.2) is 12.4 Å². The number of ether oxygens (including phenoxy) is 2. The van der Waals surface area contributed by atoms with Crippen molar-refractivity contribution in [2.24, 2.45) is 0 Å². The molecule has 1 fully saturated rings. The molecule has 0 aromatic carbocycles. The third-order valence-electron chi connectivity index (χ3n) is 2.24. The average Bonchev–Trinajstić information content (AvgIpc) is 2.17. The fourth-order valence-electron chi connectivity index (χ4n) is 1.52. The Morgan fingerprint density at radius 1 is 1.25 bits per heavy atom. The molecule has 0 spiro atoms. The van der Waals surface area contributed by atoms with Gasteiger partial charge in [-0.3, -0.25) is 0 Å². The minimum atomic E-state index is -1.73. The van der Waals surface area contributed by atoms with Crippen LogP contribution in [0.2, 0.25) is 0 Å². The zero-order valence-corrected chi connectivity index (χ0v) is 8.98. The second kappa shape index (κ2) is 5.07. The summed E-state index contributed by atoms with van der Waals surface area (Å²) in [6.45, 7) is 3.31. The molecule has 0 radical (unpaired) electrons. The standard InChI is InChI=1S/C9H16O7/c1-3(2)15-6-4(10)5(11)9(14)16-7(6)8(12)13/h3-7,9-11,14H,1-2H3,(H,12,13). The molecule has 0 aromatic rings. The summed E-state index contributed by atoms with van der Waals surface area (Å²) in [4.78, 5) is 10.8. The number of carboxylic acid groups (broad SMARTS) is 1. The van der Waals surface area contributed by atoms with E-state index in [1.807, 2.05) is 0 Å². The Labute approximate surface area is 92.2 Å². The predicted octanol–water partition coefficient (Wildman–Crippen LogP) is -1.70. The molecule has 4 N–H and O–H groups in total. The first-order valence-electron chi connectivity index (χ1n) is 4.92. The molecular formula is C9H16O7. The van der Waals surface area contributed by atoms with E-state index in [0.29, 0.717) is 0 Å². The number of hydrogen-bond acceptors (Lipinski definition) is 6. The number of aliphatic hydroxyl groups is 3. The van der Waals surface area contributed by atoms with Crippen LogP contribution in [0.3, 0.4) is 0 Å². The van der Waals surface area contributed by atoms with E-state index in [-0.39, 0.29) is 6.10 Å². The Morgan fingerprint density at radius 2 is 1.81 bits per heavy atom. The van der Waals surface area contributed by atoms with Gasteiger partial charge in [-0.25, -0.2) is 4.79 Å². The van der Waals surface area contributed by atoms with Crippen molar-refractivity contribution in [1.82, 2.24) is 0 Å². The third kappa shape index (κ3) is 2.69. The number of aliphatic carboxylic acids is 1. The van der Waals surface area contributed by atoms with Gasteiger partial charge in [-0.2, -0.15) is 0 Å². The maximum absolute atomic E-state index is 10.8. The van der Waals surface area contributed by atoms with E-state index in [9.17, 15) is 15.0 Å². The Kier molecular flexibility index (Phi) is 4.22. The van der Waals surface area contributed by atoms with Crippen LogP contribution in [-0.2, 0) is 14.3 Å². The third-order valence-corrected chi connectivity index (χ3v) is 2.24. The van der Waals surface area contributed by atoms with Gasteiger partial charge in [0.25, 0.3) is 0 Å². The molecular weight excluding hydrogens is 220 g/mol.